The standard InChI is InChI=1S/C19H16Cl3NO/c1-11(2)17-16(21)9-15-14(18(17)22)6-7-23(19(15)24)10-12-4-3-5-13(20)8-12/h3-5,8-9H,1,6-7,10H2,2H3. The van der Waals surface area contributed by atoms with E-state index < -0.39 is 0 Å². The van der Waals surface area contributed by atoms with Gasteiger partial charge in [-0.3, -0.25) is 4.79 Å². The minimum absolute atomic E-state index is 0.0618. The largest absolute Gasteiger partial charge is 0.334 e. The van der Waals surface area contributed by atoms with Crippen LogP contribution >= 0.6 is 34.8 Å². The lowest BCUT2D eigenvalue weighted by molar-refractivity contribution is 0.0727. The number of nitrogens with zero attached hydrogens (tertiary/aromatic N) is 1. The molecule has 0 fully saturated rings. The zero-order chi connectivity index (χ0) is 17.4. The molecule has 1 aliphatic rings. The van der Waals surface area contributed by atoms with E-state index in [4.69, 9.17) is 34.8 Å². The second kappa shape index (κ2) is 6.79. The van der Waals surface area contributed by atoms with Crippen molar-refractivity contribution in [1.29, 1.82) is 0 Å². The van der Waals surface area contributed by atoms with Crippen molar-refractivity contribution in [1.82, 2.24) is 4.90 Å². The number of carbonyl (C=O) groups is 1. The summed E-state index contributed by atoms with van der Waals surface area (Å²) in [5.74, 6) is -0.0618. The van der Waals surface area contributed by atoms with Crippen LogP contribution in [0, 0.1) is 0 Å². The van der Waals surface area contributed by atoms with E-state index in [0.29, 0.717) is 40.1 Å². The summed E-state index contributed by atoms with van der Waals surface area (Å²) >= 11 is 18.8. The second-order valence-corrected chi connectivity index (χ2v) is 7.18. The lowest BCUT2D eigenvalue weighted by Crippen LogP contribution is -2.37. The van der Waals surface area contributed by atoms with E-state index in [1.807, 2.05) is 31.2 Å². The summed E-state index contributed by atoms with van der Waals surface area (Å²) in [6.07, 6.45) is 0.692. The van der Waals surface area contributed by atoms with E-state index >= 15 is 0 Å². The van der Waals surface area contributed by atoms with Crippen LogP contribution in [0.5, 0.6) is 0 Å². The third-order valence-corrected chi connectivity index (χ3v) is 5.11. The highest BCUT2D eigenvalue weighted by Crippen LogP contribution is 2.37. The Labute approximate surface area is 156 Å². The molecule has 0 spiro atoms. The van der Waals surface area contributed by atoms with Gasteiger partial charge in [0.1, 0.15) is 0 Å². The van der Waals surface area contributed by atoms with Gasteiger partial charge in [-0.15, -0.1) is 0 Å². The Morgan fingerprint density at radius 2 is 2.00 bits per heavy atom. The third-order valence-electron chi connectivity index (χ3n) is 4.16. The molecule has 2 aromatic carbocycles. The molecule has 0 aromatic heterocycles. The number of allylic oxidation sites excluding steroid dienone is 1. The number of hydrogen-bond acceptors (Lipinski definition) is 1. The van der Waals surface area contributed by atoms with Gasteiger partial charge in [0.25, 0.3) is 5.91 Å². The molecule has 0 atom stereocenters. The molecule has 0 aliphatic carbocycles. The molecule has 24 heavy (non-hydrogen) atoms. The minimum Gasteiger partial charge on any atom is -0.334 e. The van der Waals surface area contributed by atoms with Crippen molar-refractivity contribution < 1.29 is 4.79 Å². The van der Waals surface area contributed by atoms with Crippen molar-refractivity contribution in [3.05, 3.63) is 74.2 Å². The molecule has 5 heteroatoms. The Morgan fingerprint density at radius 3 is 2.67 bits per heavy atom. The maximum atomic E-state index is 12.8. The molecule has 1 amide bonds. The van der Waals surface area contributed by atoms with Gasteiger partial charge < -0.3 is 4.90 Å². The number of benzene rings is 2. The van der Waals surface area contributed by atoms with Crippen LogP contribution in [-0.4, -0.2) is 17.4 Å². The van der Waals surface area contributed by atoms with Crippen LogP contribution in [0.1, 0.15) is 34.0 Å². The Balaban J connectivity index is 1.95. The first-order chi connectivity index (χ1) is 11.4. The third kappa shape index (κ3) is 3.19. The van der Waals surface area contributed by atoms with Crippen LogP contribution in [0.25, 0.3) is 5.57 Å². The zero-order valence-electron chi connectivity index (χ0n) is 13.2. The number of amides is 1. The van der Waals surface area contributed by atoms with Gasteiger partial charge >= 0.3 is 0 Å². The fourth-order valence-corrected chi connectivity index (χ4v) is 4.10. The minimum atomic E-state index is -0.0618. The van der Waals surface area contributed by atoms with Crippen LogP contribution in [0.4, 0.5) is 0 Å². The predicted molar refractivity (Wildman–Crippen MR) is 101 cm³/mol. The predicted octanol–water partition coefficient (Wildman–Crippen LogP) is 5.88. The van der Waals surface area contributed by atoms with Crippen molar-refractivity contribution in [2.24, 2.45) is 0 Å². The maximum absolute atomic E-state index is 12.8. The van der Waals surface area contributed by atoms with E-state index in [-0.39, 0.29) is 5.91 Å². The SMILES string of the molecule is C=C(C)c1c(Cl)cc2c(c1Cl)CCN(Cc1cccc(Cl)c1)C2=O. The quantitative estimate of drug-likeness (QED) is 0.651. The van der Waals surface area contributed by atoms with Gasteiger partial charge in [-0.1, -0.05) is 53.5 Å². The summed E-state index contributed by atoms with van der Waals surface area (Å²) < 4.78 is 0. The molecular weight excluding hydrogens is 365 g/mol. The first kappa shape index (κ1) is 17.3. The van der Waals surface area contributed by atoms with E-state index in [1.165, 1.54) is 0 Å². The molecule has 2 aromatic rings. The van der Waals surface area contributed by atoms with E-state index in [1.54, 1.807) is 11.0 Å². The second-order valence-electron chi connectivity index (χ2n) is 5.96. The van der Waals surface area contributed by atoms with Gasteiger partial charge in [-0.25, -0.2) is 0 Å². The smallest absolute Gasteiger partial charge is 0.254 e. The highest BCUT2D eigenvalue weighted by atomic mass is 35.5. The Bertz CT molecular complexity index is 845. The molecule has 1 aliphatic heterocycles. The average molecular weight is 381 g/mol. The molecule has 124 valence electrons. The molecule has 0 unspecified atom stereocenters. The fourth-order valence-electron chi connectivity index (χ4n) is 3.01. The summed E-state index contributed by atoms with van der Waals surface area (Å²) in [5, 5.41) is 1.67. The first-order valence-corrected chi connectivity index (χ1v) is 8.72. The molecule has 1 heterocycles. The van der Waals surface area contributed by atoms with Gasteiger partial charge in [-0.05, 0) is 48.2 Å². The van der Waals surface area contributed by atoms with Gasteiger partial charge in [0.15, 0.2) is 0 Å². The van der Waals surface area contributed by atoms with Crippen LogP contribution in [-0.2, 0) is 13.0 Å². The van der Waals surface area contributed by atoms with E-state index in [9.17, 15) is 4.79 Å². The molecule has 0 N–H and O–H groups in total. The van der Waals surface area contributed by atoms with Crippen molar-refractivity contribution in [2.75, 3.05) is 6.54 Å². The molecule has 0 radical (unpaired) electrons. The van der Waals surface area contributed by atoms with Gasteiger partial charge in [0.2, 0.25) is 0 Å². The molecule has 0 saturated carbocycles. The Kier molecular flexibility index (Phi) is 4.91. The summed E-state index contributed by atoms with van der Waals surface area (Å²) in [4.78, 5) is 14.6. The van der Waals surface area contributed by atoms with Crippen LogP contribution in [0.15, 0.2) is 36.9 Å². The van der Waals surface area contributed by atoms with Gasteiger partial charge in [-0.2, -0.15) is 0 Å². The molecular formula is C19H16Cl3NO. The number of rotatable bonds is 3. The van der Waals surface area contributed by atoms with Crippen LogP contribution in [0.2, 0.25) is 15.1 Å². The highest BCUT2D eigenvalue weighted by molar-refractivity contribution is 6.38. The lowest BCUT2D eigenvalue weighted by Gasteiger charge is -2.30. The molecule has 2 nitrogen and oxygen atoms in total. The lowest BCUT2D eigenvalue weighted by atomic mass is 9.94. The number of carbonyl (C=O) groups excluding carboxylic acids is 1. The summed E-state index contributed by atoms with van der Waals surface area (Å²) in [5.41, 5.74) is 3.94. The Hall–Kier alpha value is -1.48. The van der Waals surface area contributed by atoms with Crippen molar-refractivity contribution in [2.45, 2.75) is 19.9 Å². The summed E-state index contributed by atoms with van der Waals surface area (Å²) in [6.45, 7) is 6.89. The fraction of sp³-hybridized carbons (Fsp3) is 0.211. The van der Waals surface area contributed by atoms with Crippen molar-refractivity contribution in [3.63, 3.8) is 0 Å². The molecule has 3 rings (SSSR count). The van der Waals surface area contributed by atoms with E-state index in [0.717, 1.165) is 22.3 Å². The van der Waals surface area contributed by atoms with Crippen LogP contribution < -0.4 is 0 Å². The molecule has 0 bridgehead atoms. The number of fused-ring (bicyclic) bond motifs is 1. The van der Waals surface area contributed by atoms with Gasteiger partial charge in [0, 0.05) is 29.2 Å². The van der Waals surface area contributed by atoms with Gasteiger partial charge in [0.05, 0.1) is 10.0 Å². The van der Waals surface area contributed by atoms with Crippen molar-refractivity contribution >= 4 is 46.3 Å². The van der Waals surface area contributed by atoms with E-state index in [2.05, 4.69) is 6.58 Å². The molecule has 0 saturated heterocycles. The maximum Gasteiger partial charge on any atom is 0.254 e. The number of hydrogen-bond donors (Lipinski definition) is 0. The number of halogens is 3. The monoisotopic (exact) mass is 379 g/mol. The normalized spacial score (nSPS) is 13.8. The van der Waals surface area contributed by atoms with Crippen LogP contribution in [0.3, 0.4) is 0 Å². The average Bonchev–Trinajstić information content (AvgIpc) is 2.50. The first-order valence-electron chi connectivity index (χ1n) is 7.59. The summed E-state index contributed by atoms with van der Waals surface area (Å²) in [6, 6.07) is 9.23. The topological polar surface area (TPSA) is 20.3 Å². The highest BCUT2D eigenvalue weighted by Gasteiger charge is 2.28. The summed E-state index contributed by atoms with van der Waals surface area (Å²) in [7, 11) is 0. The Morgan fingerprint density at radius 1 is 1.25 bits per heavy atom. The zero-order valence-corrected chi connectivity index (χ0v) is 15.5. The van der Waals surface area contributed by atoms with Crippen molar-refractivity contribution in [3.8, 4) is 0 Å².